The van der Waals surface area contributed by atoms with Gasteiger partial charge in [0, 0.05) is 39.7 Å². The van der Waals surface area contributed by atoms with Crippen LogP contribution in [0.25, 0.3) is 21.5 Å². The van der Waals surface area contributed by atoms with Crippen LogP contribution < -0.4 is 0 Å². The lowest BCUT2D eigenvalue weighted by atomic mass is 10.1. The molecule has 1 aromatic carbocycles. The molecule has 2 aromatic heterocycles. The zero-order valence-corrected chi connectivity index (χ0v) is 11.1. The number of pyridine rings is 1. The monoisotopic (exact) mass is 339 g/mol. The molecule has 0 aliphatic carbocycles. The highest BCUT2D eigenvalue weighted by atomic mass is 127. The van der Waals surface area contributed by atoms with Crippen LogP contribution in [0.15, 0.2) is 36.5 Å². The Morgan fingerprint density at radius 2 is 2.00 bits per heavy atom. The van der Waals surface area contributed by atoms with Crippen molar-refractivity contribution < 1.29 is 0 Å². The third-order valence-electron chi connectivity index (χ3n) is 2.26. The maximum absolute atomic E-state index is 4.40. The topological polar surface area (TPSA) is 38.7 Å². The van der Waals surface area contributed by atoms with Crippen molar-refractivity contribution >= 4 is 45.0 Å². The van der Waals surface area contributed by atoms with Crippen molar-refractivity contribution in [2.24, 2.45) is 0 Å². The number of hydrogen-bond acceptors (Lipinski definition) is 4. The summed E-state index contributed by atoms with van der Waals surface area (Å²) in [5.41, 5.74) is 2.04. The number of halogens is 1. The fraction of sp³-hybridized carbons (Fsp3) is 0. The summed E-state index contributed by atoms with van der Waals surface area (Å²) < 4.78 is 4.97. The molecule has 0 aliphatic rings. The first-order valence-corrected chi connectivity index (χ1v) is 6.53. The summed E-state index contributed by atoms with van der Waals surface area (Å²) in [6, 6.07) is 10.1. The molecule has 3 rings (SSSR count). The summed E-state index contributed by atoms with van der Waals surface area (Å²) in [5, 5.41) is 2.05. The molecule has 0 unspecified atom stereocenters. The van der Waals surface area contributed by atoms with Crippen molar-refractivity contribution in [1.29, 1.82) is 0 Å². The third kappa shape index (κ3) is 1.69. The summed E-state index contributed by atoms with van der Waals surface area (Å²) in [4.78, 5) is 8.79. The minimum atomic E-state index is 0.783. The molecule has 5 heteroatoms. The zero-order chi connectivity index (χ0) is 11.0. The first kappa shape index (κ1) is 10.1. The van der Waals surface area contributed by atoms with E-state index >= 15 is 0 Å². The molecule has 78 valence electrons. The minimum Gasteiger partial charge on any atom is -0.256 e. The third-order valence-corrected chi connectivity index (χ3v) is 3.82. The van der Waals surface area contributed by atoms with E-state index in [9.17, 15) is 0 Å². The Morgan fingerprint density at radius 3 is 2.81 bits per heavy atom. The highest BCUT2D eigenvalue weighted by Crippen LogP contribution is 2.28. The Morgan fingerprint density at radius 1 is 1.12 bits per heavy atom. The first-order valence-electron chi connectivity index (χ1n) is 4.68. The summed E-state index contributed by atoms with van der Waals surface area (Å²) >= 11 is 3.53. The van der Waals surface area contributed by atoms with Gasteiger partial charge in [-0.2, -0.15) is 4.37 Å². The number of benzene rings is 1. The maximum atomic E-state index is 4.40. The van der Waals surface area contributed by atoms with Crippen molar-refractivity contribution in [3.05, 3.63) is 40.4 Å². The van der Waals surface area contributed by atoms with Gasteiger partial charge in [0.05, 0.1) is 5.52 Å². The SMILES string of the molecule is Ic1nsc(-c2cccc3cccnc23)n1. The lowest BCUT2D eigenvalue weighted by Crippen LogP contribution is -1.83. The largest absolute Gasteiger partial charge is 0.256 e. The van der Waals surface area contributed by atoms with E-state index in [4.69, 9.17) is 0 Å². The molecule has 0 N–H and O–H groups in total. The molecule has 0 fully saturated rings. The maximum Gasteiger partial charge on any atom is 0.203 e. The molecule has 3 aromatic rings. The van der Waals surface area contributed by atoms with E-state index in [0.717, 1.165) is 25.3 Å². The molecule has 0 aliphatic heterocycles. The van der Waals surface area contributed by atoms with Gasteiger partial charge in [-0.15, -0.1) is 0 Å². The number of nitrogens with zero attached hydrogens (tertiary/aromatic N) is 3. The van der Waals surface area contributed by atoms with E-state index in [1.807, 2.05) is 18.2 Å². The molecular formula is C11H6IN3S. The van der Waals surface area contributed by atoms with Crippen LogP contribution in [0.2, 0.25) is 0 Å². The van der Waals surface area contributed by atoms with Gasteiger partial charge in [-0.05, 0) is 23.7 Å². The van der Waals surface area contributed by atoms with Crippen molar-refractivity contribution in [3.8, 4) is 10.6 Å². The number of rotatable bonds is 1. The molecule has 2 heterocycles. The van der Waals surface area contributed by atoms with Gasteiger partial charge in [0.15, 0.2) is 0 Å². The minimum absolute atomic E-state index is 0.783. The van der Waals surface area contributed by atoms with E-state index in [-0.39, 0.29) is 0 Å². The van der Waals surface area contributed by atoms with Gasteiger partial charge < -0.3 is 0 Å². The molecule has 16 heavy (non-hydrogen) atoms. The molecule has 0 saturated carbocycles. The molecule has 0 atom stereocenters. The lowest BCUT2D eigenvalue weighted by Gasteiger charge is -2.00. The quantitative estimate of drug-likeness (QED) is 0.638. The van der Waals surface area contributed by atoms with Gasteiger partial charge in [0.1, 0.15) is 5.01 Å². The second kappa shape index (κ2) is 4.06. The van der Waals surface area contributed by atoms with Crippen LogP contribution in [0, 0.1) is 3.83 Å². The molecule has 0 radical (unpaired) electrons. The number of aromatic nitrogens is 3. The molecule has 0 amide bonds. The number of para-hydroxylation sites is 1. The van der Waals surface area contributed by atoms with Crippen LogP contribution in [-0.4, -0.2) is 14.3 Å². The Kier molecular flexibility index (Phi) is 2.56. The zero-order valence-electron chi connectivity index (χ0n) is 8.09. The van der Waals surface area contributed by atoms with Crippen LogP contribution in [0.5, 0.6) is 0 Å². The average Bonchev–Trinajstić information content (AvgIpc) is 2.75. The summed E-state index contributed by atoms with van der Waals surface area (Å²) in [5.74, 6) is 0. The van der Waals surface area contributed by atoms with Crippen molar-refractivity contribution in [2.45, 2.75) is 0 Å². The standard InChI is InChI=1S/C11H6IN3S/c12-11-14-10(16-15-11)8-5-1-3-7-4-2-6-13-9(7)8/h1-6H. The fourth-order valence-corrected chi connectivity index (χ4v) is 2.89. The van der Waals surface area contributed by atoms with Gasteiger partial charge >= 0.3 is 0 Å². The van der Waals surface area contributed by atoms with E-state index in [1.54, 1.807) is 6.20 Å². The van der Waals surface area contributed by atoms with Gasteiger partial charge in [-0.25, -0.2) is 4.98 Å². The Bertz CT molecular complexity index is 645. The van der Waals surface area contributed by atoms with E-state index < -0.39 is 0 Å². The number of fused-ring (bicyclic) bond motifs is 1. The Balaban J connectivity index is 2.31. The summed E-state index contributed by atoms with van der Waals surface area (Å²) in [6.45, 7) is 0. The normalized spacial score (nSPS) is 10.8. The van der Waals surface area contributed by atoms with Gasteiger partial charge in [0.2, 0.25) is 3.83 Å². The van der Waals surface area contributed by atoms with Crippen LogP contribution >= 0.6 is 34.1 Å². The fourth-order valence-electron chi connectivity index (χ4n) is 1.59. The van der Waals surface area contributed by atoms with Crippen LogP contribution in [0.3, 0.4) is 0 Å². The number of hydrogen-bond donors (Lipinski definition) is 0. The Labute approximate surface area is 110 Å². The van der Waals surface area contributed by atoms with Gasteiger partial charge in [-0.1, -0.05) is 18.2 Å². The molecule has 3 nitrogen and oxygen atoms in total. The van der Waals surface area contributed by atoms with Crippen LogP contribution in [0.1, 0.15) is 0 Å². The molecule has 0 spiro atoms. The van der Waals surface area contributed by atoms with Crippen molar-refractivity contribution in [1.82, 2.24) is 14.3 Å². The van der Waals surface area contributed by atoms with E-state index in [2.05, 4.69) is 49.1 Å². The van der Waals surface area contributed by atoms with Crippen molar-refractivity contribution in [2.75, 3.05) is 0 Å². The summed E-state index contributed by atoms with van der Waals surface area (Å²) in [6.07, 6.45) is 1.80. The van der Waals surface area contributed by atoms with Gasteiger partial charge in [0.25, 0.3) is 0 Å². The average molecular weight is 339 g/mol. The van der Waals surface area contributed by atoms with Crippen LogP contribution in [-0.2, 0) is 0 Å². The predicted octanol–water partition coefficient (Wildman–Crippen LogP) is 3.36. The molecular weight excluding hydrogens is 333 g/mol. The van der Waals surface area contributed by atoms with Gasteiger partial charge in [-0.3, -0.25) is 4.98 Å². The first-order chi connectivity index (χ1) is 7.84. The predicted molar refractivity (Wildman–Crippen MR) is 73.4 cm³/mol. The van der Waals surface area contributed by atoms with Crippen LogP contribution in [0.4, 0.5) is 0 Å². The van der Waals surface area contributed by atoms with E-state index in [1.165, 1.54) is 11.5 Å². The highest BCUT2D eigenvalue weighted by Gasteiger charge is 2.08. The molecule has 0 bridgehead atoms. The van der Waals surface area contributed by atoms with E-state index in [0.29, 0.717) is 0 Å². The second-order valence-corrected chi connectivity index (χ2v) is 4.97. The van der Waals surface area contributed by atoms with Crippen molar-refractivity contribution in [3.63, 3.8) is 0 Å². The smallest absolute Gasteiger partial charge is 0.203 e. The lowest BCUT2D eigenvalue weighted by molar-refractivity contribution is 1.25. The molecule has 0 saturated heterocycles. The highest BCUT2D eigenvalue weighted by molar-refractivity contribution is 14.1. The summed E-state index contributed by atoms with van der Waals surface area (Å²) in [7, 11) is 0. The Hall–Kier alpha value is -1.08. The second-order valence-electron chi connectivity index (χ2n) is 3.25.